The van der Waals surface area contributed by atoms with E-state index in [1.54, 1.807) is 22.7 Å². The largest absolute Gasteiger partial charge is 0.386 e. The molecular formula is C24H18BrFN4O3. The second-order valence-electron chi connectivity index (χ2n) is 7.79. The third kappa shape index (κ3) is 4.01. The lowest BCUT2D eigenvalue weighted by Crippen LogP contribution is -2.37. The number of aliphatic hydroxyl groups is 1. The molecule has 166 valence electrons. The highest BCUT2D eigenvalue weighted by molar-refractivity contribution is 9.10. The molecule has 0 spiro atoms. The van der Waals surface area contributed by atoms with E-state index in [2.05, 4.69) is 31.5 Å². The van der Waals surface area contributed by atoms with Crippen molar-refractivity contribution in [3.05, 3.63) is 99.7 Å². The van der Waals surface area contributed by atoms with Crippen LogP contribution in [-0.2, 0) is 6.42 Å². The summed E-state index contributed by atoms with van der Waals surface area (Å²) in [5.74, 6) is -1.71. The minimum Gasteiger partial charge on any atom is -0.386 e. The number of carbonyl (C=O) groups excluding carboxylic acids is 2. The van der Waals surface area contributed by atoms with Crippen LogP contribution in [0.1, 0.15) is 38.1 Å². The van der Waals surface area contributed by atoms with Gasteiger partial charge in [-0.05, 0) is 47.9 Å². The third-order valence-electron chi connectivity index (χ3n) is 5.70. The summed E-state index contributed by atoms with van der Waals surface area (Å²) in [5, 5.41) is 15.8. The van der Waals surface area contributed by atoms with Crippen molar-refractivity contribution in [3.8, 4) is 0 Å². The summed E-state index contributed by atoms with van der Waals surface area (Å²) >= 11 is 3.35. The molecule has 1 aliphatic rings. The Bertz CT molecular complexity index is 1400. The number of imidazole rings is 1. The second-order valence-corrected chi connectivity index (χ2v) is 8.71. The normalized spacial score (nSPS) is 17.1. The van der Waals surface area contributed by atoms with Gasteiger partial charge >= 0.3 is 0 Å². The fourth-order valence-electron chi connectivity index (χ4n) is 4.03. The molecule has 5 rings (SSSR count). The Morgan fingerprint density at radius 2 is 1.94 bits per heavy atom. The molecule has 0 saturated carbocycles. The van der Waals surface area contributed by atoms with Gasteiger partial charge in [-0.2, -0.15) is 0 Å². The average Bonchev–Trinajstić information content (AvgIpc) is 3.36. The first-order chi connectivity index (χ1) is 15.9. The number of benzene rings is 2. The molecular weight excluding hydrogens is 491 g/mol. The van der Waals surface area contributed by atoms with Crippen molar-refractivity contribution in [3.63, 3.8) is 0 Å². The minimum atomic E-state index is -0.819. The molecule has 9 heteroatoms. The number of halogens is 2. The van der Waals surface area contributed by atoms with E-state index in [-0.39, 0.29) is 16.9 Å². The Kier molecular flexibility index (Phi) is 5.43. The molecule has 3 N–H and O–H groups in total. The van der Waals surface area contributed by atoms with Crippen LogP contribution in [0.4, 0.5) is 10.1 Å². The van der Waals surface area contributed by atoms with E-state index in [9.17, 15) is 19.1 Å². The van der Waals surface area contributed by atoms with E-state index in [1.165, 1.54) is 18.3 Å². The van der Waals surface area contributed by atoms with Gasteiger partial charge in [-0.3, -0.25) is 14.0 Å². The van der Waals surface area contributed by atoms with E-state index in [0.717, 1.165) is 21.7 Å². The number of aliphatic hydroxyl groups excluding tert-OH is 1. The molecule has 2 aromatic carbocycles. The van der Waals surface area contributed by atoms with Gasteiger partial charge in [0.15, 0.2) is 0 Å². The van der Waals surface area contributed by atoms with Crippen molar-refractivity contribution in [2.75, 3.05) is 5.32 Å². The molecule has 0 bridgehead atoms. The molecule has 0 fully saturated rings. The number of pyridine rings is 1. The van der Waals surface area contributed by atoms with Crippen LogP contribution in [0.3, 0.4) is 0 Å². The highest BCUT2D eigenvalue weighted by atomic mass is 79.9. The topological polar surface area (TPSA) is 95.7 Å². The smallest absolute Gasteiger partial charge is 0.274 e. The van der Waals surface area contributed by atoms with Crippen molar-refractivity contribution in [1.29, 1.82) is 0 Å². The maximum atomic E-state index is 14.4. The van der Waals surface area contributed by atoms with Gasteiger partial charge in [0.1, 0.15) is 17.2 Å². The number of hydrogen-bond donors (Lipinski definition) is 3. The minimum absolute atomic E-state index is 0.130. The van der Waals surface area contributed by atoms with Crippen LogP contribution in [-0.4, -0.2) is 32.3 Å². The lowest BCUT2D eigenvalue weighted by atomic mass is 10.1. The van der Waals surface area contributed by atoms with Gasteiger partial charge in [0.05, 0.1) is 24.0 Å². The lowest BCUT2D eigenvalue weighted by Gasteiger charge is -2.17. The Labute approximate surface area is 196 Å². The quantitative estimate of drug-likeness (QED) is 0.389. The molecule has 0 saturated heterocycles. The summed E-state index contributed by atoms with van der Waals surface area (Å²) in [4.78, 5) is 29.8. The Hall–Kier alpha value is -3.56. The molecule has 7 nitrogen and oxygen atoms in total. The zero-order chi connectivity index (χ0) is 23.1. The van der Waals surface area contributed by atoms with E-state index in [1.807, 2.05) is 24.3 Å². The van der Waals surface area contributed by atoms with Crippen LogP contribution in [0, 0.1) is 5.82 Å². The van der Waals surface area contributed by atoms with Crippen LogP contribution in [0.2, 0.25) is 0 Å². The van der Waals surface area contributed by atoms with Crippen molar-refractivity contribution in [2.24, 2.45) is 0 Å². The van der Waals surface area contributed by atoms with Gasteiger partial charge in [-0.15, -0.1) is 0 Å². The maximum Gasteiger partial charge on any atom is 0.274 e. The first-order valence-electron chi connectivity index (χ1n) is 10.2. The van der Waals surface area contributed by atoms with Gasteiger partial charge in [-0.1, -0.05) is 40.2 Å². The number of anilines is 1. The number of nitrogens with one attached hydrogen (secondary N) is 2. The molecule has 0 radical (unpaired) electrons. The molecule has 2 aromatic heterocycles. The number of aromatic nitrogens is 2. The molecule has 2 heterocycles. The predicted molar refractivity (Wildman–Crippen MR) is 124 cm³/mol. The summed E-state index contributed by atoms with van der Waals surface area (Å²) in [7, 11) is 0. The zero-order valence-electron chi connectivity index (χ0n) is 17.1. The number of amides is 2. The predicted octanol–water partition coefficient (Wildman–Crippen LogP) is 3.88. The first kappa shape index (κ1) is 21.3. The second kappa shape index (κ2) is 8.42. The lowest BCUT2D eigenvalue weighted by molar-refractivity contribution is 0.0858. The molecule has 4 aromatic rings. The van der Waals surface area contributed by atoms with Crippen molar-refractivity contribution in [1.82, 2.24) is 14.7 Å². The monoisotopic (exact) mass is 508 g/mol. The standard InChI is InChI=1S/C24H18BrFN4O3/c25-15-7-8-30-20(12-27-21(30)11-15)24(33)28-18-10-14(5-6-17(18)26)23(32)29-19-9-13-3-1-2-4-16(13)22(19)31/h1-8,10-12,19,22,31H,9H2,(H,28,33)(H,29,32). The molecule has 2 unspecified atom stereocenters. The molecule has 2 amide bonds. The van der Waals surface area contributed by atoms with Crippen molar-refractivity contribution >= 4 is 39.1 Å². The van der Waals surface area contributed by atoms with Crippen LogP contribution in [0.25, 0.3) is 5.65 Å². The van der Waals surface area contributed by atoms with Crippen molar-refractivity contribution in [2.45, 2.75) is 18.6 Å². The highest BCUT2D eigenvalue weighted by Crippen LogP contribution is 2.31. The first-order valence-corrected chi connectivity index (χ1v) is 11.0. The van der Waals surface area contributed by atoms with Gasteiger partial charge < -0.3 is 15.7 Å². The highest BCUT2D eigenvalue weighted by Gasteiger charge is 2.32. The molecule has 2 atom stereocenters. The SMILES string of the molecule is O=C(NC1Cc2ccccc2C1O)c1ccc(F)c(NC(=O)c2cnc3cc(Br)ccn23)c1. The van der Waals surface area contributed by atoms with Gasteiger partial charge in [0.2, 0.25) is 0 Å². The van der Waals surface area contributed by atoms with Gasteiger partial charge in [0, 0.05) is 16.2 Å². The number of fused-ring (bicyclic) bond motifs is 2. The van der Waals surface area contributed by atoms with Crippen LogP contribution >= 0.6 is 15.9 Å². The average molecular weight is 509 g/mol. The summed E-state index contributed by atoms with van der Waals surface area (Å²) in [6, 6.07) is 14.2. The number of carbonyl (C=O) groups is 2. The van der Waals surface area contributed by atoms with Crippen LogP contribution < -0.4 is 10.6 Å². The maximum absolute atomic E-state index is 14.4. The summed E-state index contributed by atoms with van der Waals surface area (Å²) < 4.78 is 16.8. The zero-order valence-corrected chi connectivity index (χ0v) is 18.7. The fraction of sp³-hybridized carbons (Fsp3) is 0.125. The van der Waals surface area contributed by atoms with Gasteiger partial charge in [-0.25, -0.2) is 9.37 Å². The van der Waals surface area contributed by atoms with E-state index < -0.39 is 29.8 Å². The molecule has 33 heavy (non-hydrogen) atoms. The summed E-state index contributed by atoms with van der Waals surface area (Å²) in [6.07, 6.45) is 2.75. The Balaban J connectivity index is 1.34. The number of hydrogen-bond acceptors (Lipinski definition) is 4. The third-order valence-corrected chi connectivity index (χ3v) is 6.19. The molecule has 0 aliphatic heterocycles. The summed E-state index contributed by atoms with van der Waals surface area (Å²) in [6.45, 7) is 0. The summed E-state index contributed by atoms with van der Waals surface area (Å²) in [5.41, 5.74) is 2.57. The Morgan fingerprint density at radius 3 is 2.76 bits per heavy atom. The van der Waals surface area contributed by atoms with Crippen LogP contribution in [0.15, 0.2) is 71.5 Å². The van der Waals surface area contributed by atoms with E-state index >= 15 is 0 Å². The van der Waals surface area contributed by atoms with Gasteiger partial charge in [0.25, 0.3) is 11.8 Å². The van der Waals surface area contributed by atoms with E-state index in [0.29, 0.717) is 12.1 Å². The fourth-order valence-corrected chi connectivity index (χ4v) is 4.35. The number of rotatable bonds is 4. The molecule has 1 aliphatic carbocycles. The van der Waals surface area contributed by atoms with Crippen molar-refractivity contribution < 1.29 is 19.1 Å². The van der Waals surface area contributed by atoms with Crippen LogP contribution in [0.5, 0.6) is 0 Å². The number of nitrogens with zero attached hydrogens (tertiary/aromatic N) is 2. The Morgan fingerprint density at radius 1 is 1.12 bits per heavy atom. The van der Waals surface area contributed by atoms with E-state index in [4.69, 9.17) is 0 Å².